The van der Waals surface area contributed by atoms with E-state index in [1.807, 2.05) is 37.3 Å². The van der Waals surface area contributed by atoms with E-state index >= 15 is 0 Å². The Balaban J connectivity index is 1.73. The number of anilines is 1. The molecular weight excluding hydrogens is 334 g/mol. The number of benzene rings is 1. The monoisotopic (exact) mass is 357 g/mol. The number of carboxylic acids is 1. The number of aromatic carboxylic acids is 1. The molecule has 3 rings (SSSR count). The van der Waals surface area contributed by atoms with E-state index in [2.05, 4.69) is 15.3 Å². The van der Waals surface area contributed by atoms with E-state index in [1.165, 1.54) is 12.4 Å². The predicted molar refractivity (Wildman–Crippen MR) is 96.2 cm³/mol. The van der Waals surface area contributed by atoms with E-state index in [9.17, 15) is 4.79 Å². The minimum absolute atomic E-state index is 0.0785. The summed E-state index contributed by atoms with van der Waals surface area (Å²) in [5, 5.41) is 12.2. The maximum Gasteiger partial charge on any atom is 0.356 e. The Morgan fingerprint density at radius 3 is 2.58 bits per heavy atom. The second kappa shape index (κ2) is 8.73. The van der Waals surface area contributed by atoms with Gasteiger partial charge in [-0.1, -0.05) is 30.3 Å². The molecule has 0 saturated carbocycles. The second-order valence-corrected chi connectivity index (χ2v) is 6.30. The largest absolute Gasteiger partial charge is 0.476 e. The lowest BCUT2D eigenvalue weighted by Crippen LogP contribution is -2.32. The Morgan fingerprint density at radius 2 is 1.96 bits per heavy atom. The zero-order valence-corrected chi connectivity index (χ0v) is 14.7. The maximum absolute atomic E-state index is 10.9. The Kier molecular flexibility index (Phi) is 6.14. The SMILES string of the molecule is CC(Nc1cnc(C(=O)O)cn1)C(OC1CCOCC1)c1ccccc1. The van der Waals surface area contributed by atoms with Gasteiger partial charge in [0.1, 0.15) is 11.9 Å². The topological polar surface area (TPSA) is 93.6 Å². The lowest BCUT2D eigenvalue weighted by molar-refractivity contribution is -0.0739. The number of nitrogens with zero attached hydrogens (tertiary/aromatic N) is 2. The van der Waals surface area contributed by atoms with E-state index in [-0.39, 0.29) is 23.9 Å². The average Bonchev–Trinajstić information content (AvgIpc) is 2.68. The molecular formula is C19H23N3O4. The predicted octanol–water partition coefficient (Wildman–Crippen LogP) is 2.91. The smallest absolute Gasteiger partial charge is 0.356 e. The van der Waals surface area contributed by atoms with Crippen LogP contribution in [0.25, 0.3) is 0 Å². The molecule has 0 bridgehead atoms. The highest BCUT2D eigenvalue weighted by atomic mass is 16.5. The van der Waals surface area contributed by atoms with Gasteiger partial charge >= 0.3 is 5.97 Å². The number of carboxylic acid groups (broad SMARTS) is 1. The number of carbonyl (C=O) groups is 1. The number of aromatic nitrogens is 2. The van der Waals surface area contributed by atoms with Crippen molar-refractivity contribution in [1.82, 2.24) is 9.97 Å². The molecule has 1 aliphatic rings. The molecule has 1 aromatic heterocycles. The van der Waals surface area contributed by atoms with E-state index in [0.717, 1.165) is 31.6 Å². The first-order valence-electron chi connectivity index (χ1n) is 8.73. The lowest BCUT2D eigenvalue weighted by Gasteiger charge is -2.32. The van der Waals surface area contributed by atoms with Gasteiger partial charge in [0.15, 0.2) is 5.69 Å². The molecule has 1 aromatic carbocycles. The first-order chi connectivity index (χ1) is 12.6. The molecule has 2 unspecified atom stereocenters. The molecule has 1 fully saturated rings. The van der Waals surface area contributed by atoms with Crippen LogP contribution in [0.3, 0.4) is 0 Å². The summed E-state index contributed by atoms with van der Waals surface area (Å²) in [7, 11) is 0. The molecule has 7 nitrogen and oxygen atoms in total. The highest BCUT2D eigenvalue weighted by Crippen LogP contribution is 2.27. The quantitative estimate of drug-likeness (QED) is 0.787. The van der Waals surface area contributed by atoms with Crippen LogP contribution in [-0.2, 0) is 9.47 Å². The zero-order valence-electron chi connectivity index (χ0n) is 14.7. The van der Waals surface area contributed by atoms with Gasteiger partial charge in [0.2, 0.25) is 0 Å². The van der Waals surface area contributed by atoms with Crippen molar-refractivity contribution in [3.63, 3.8) is 0 Å². The van der Waals surface area contributed by atoms with Crippen LogP contribution in [0.15, 0.2) is 42.7 Å². The molecule has 138 valence electrons. The van der Waals surface area contributed by atoms with Gasteiger partial charge in [-0.15, -0.1) is 0 Å². The maximum atomic E-state index is 10.9. The molecule has 26 heavy (non-hydrogen) atoms. The van der Waals surface area contributed by atoms with Gasteiger partial charge in [0.25, 0.3) is 0 Å². The first kappa shape index (κ1) is 18.3. The second-order valence-electron chi connectivity index (χ2n) is 6.30. The summed E-state index contributed by atoms with van der Waals surface area (Å²) in [4.78, 5) is 18.9. The van der Waals surface area contributed by atoms with Gasteiger partial charge in [-0.05, 0) is 25.3 Å². The molecule has 0 radical (unpaired) electrons. The van der Waals surface area contributed by atoms with E-state index in [0.29, 0.717) is 5.82 Å². The molecule has 0 spiro atoms. The average molecular weight is 357 g/mol. The molecule has 0 amide bonds. The van der Waals surface area contributed by atoms with Crippen LogP contribution in [0.2, 0.25) is 0 Å². The van der Waals surface area contributed by atoms with Crippen LogP contribution >= 0.6 is 0 Å². The molecule has 7 heteroatoms. The zero-order chi connectivity index (χ0) is 18.4. The van der Waals surface area contributed by atoms with Crippen LogP contribution in [0.4, 0.5) is 5.82 Å². The third kappa shape index (κ3) is 4.77. The highest BCUT2D eigenvalue weighted by molar-refractivity contribution is 5.84. The van der Waals surface area contributed by atoms with Gasteiger partial charge in [0.05, 0.1) is 24.5 Å². The van der Waals surface area contributed by atoms with E-state index in [4.69, 9.17) is 14.6 Å². The number of ether oxygens (including phenoxy) is 2. The fraction of sp³-hybridized carbons (Fsp3) is 0.421. The van der Waals surface area contributed by atoms with Crippen molar-refractivity contribution in [2.75, 3.05) is 18.5 Å². The fourth-order valence-corrected chi connectivity index (χ4v) is 2.97. The Labute approximate surface area is 152 Å². The van der Waals surface area contributed by atoms with Crippen molar-refractivity contribution >= 4 is 11.8 Å². The van der Waals surface area contributed by atoms with E-state index in [1.54, 1.807) is 0 Å². The van der Waals surface area contributed by atoms with Crippen molar-refractivity contribution in [1.29, 1.82) is 0 Å². The summed E-state index contributed by atoms with van der Waals surface area (Å²) in [6.45, 7) is 3.45. The van der Waals surface area contributed by atoms with Gasteiger partial charge in [0, 0.05) is 13.2 Å². The number of hydrogen-bond donors (Lipinski definition) is 2. The normalized spacial score (nSPS) is 17.4. The van der Waals surface area contributed by atoms with Crippen molar-refractivity contribution in [3.8, 4) is 0 Å². The van der Waals surface area contributed by atoms with Crippen molar-refractivity contribution < 1.29 is 19.4 Å². The number of hydrogen-bond acceptors (Lipinski definition) is 6. The van der Waals surface area contributed by atoms with Crippen molar-refractivity contribution in [3.05, 3.63) is 54.0 Å². The van der Waals surface area contributed by atoms with Gasteiger partial charge in [-0.25, -0.2) is 14.8 Å². The third-order valence-electron chi connectivity index (χ3n) is 4.34. The van der Waals surface area contributed by atoms with E-state index < -0.39 is 5.97 Å². The van der Waals surface area contributed by atoms with Crippen LogP contribution < -0.4 is 5.32 Å². The fourth-order valence-electron chi connectivity index (χ4n) is 2.97. The van der Waals surface area contributed by atoms with Gasteiger partial charge < -0.3 is 19.9 Å². The lowest BCUT2D eigenvalue weighted by atomic mass is 10.0. The standard InChI is InChI=1S/C19H23N3O4/c1-13(22-17-12-20-16(11-21-17)19(23)24)18(14-5-3-2-4-6-14)26-15-7-9-25-10-8-15/h2-6,11-13,15,18H,7-10H2,1H3,(H,21,22)(H,23,24). The van der Waals surface area contributed by atoms with Crippen molar-refractivity contribution in [2.24, 2.45) is 0 Å². The van der Waals surface area contributed by atoms with Crippen LogP contribution in [0, 0.1) is 0 Å². The van der Waals surface area contributed by atoms with Gasteiger partial charge in [-0.3, -0.25) is 0 Å². The molecule has 1 aliphatic heterocycles. The minimum atomic E-state index is -1.10. The summed E-state index contributed by atoms with van der Waals surface area (Å²) < 4.78 is 11.8. The molecule has 2 atom stereocenters. The minimum Gasteiger partial charge on any atom is -0.476 e. The van der Waals surface area contributed by atoms with Crippen LogP contribution in [0.1, 0.15) is 41.9 Å². The Morgan fingerprint density at radius 1 is 1.23 bits per heavy atom. The van der Waals surface area contributed by atoms with Crippen LogP contribution in [0.5, 0.6) is 0 Å². The number of nitrogens with one attached hydrogen (secondary N) is 1. The first-order valence-corrected chi connectivity index (χ1v) is 8.73. The number of rotatable bonds is 7. The molecule has 1 saturated heterocycles. The molecule has 2 N–H and O–H groups in total. The summed E-state index contributed by atoms with van der Waals surface area (Å²) in [6.07, 6.45) is 4.41. The van der Waals surface area contributed by atoms with Crippen LogP contribution in [-0.4, -0.2) is 46.4 Å². The summed E-state index contributed by atoms with van der Waals surface area (Å²) in [5.41, 5.74) is 0.996. The molecule has 0 aliphatic carbocycles. The summed E-state index contributed by atoms with van der Waals surface area (Å²) in [5.74, 6) is -0.582. The summed E-state index contributed by atoms with van der Waals surface area (Å²) >= 11 is 0. The highest BCUT2D eigenvalue weighted by Gasteiger charge is 2.26. The van der Waals surface area contributed by atoms with Gasteiger partial charge in [-0.2, -0.15) is 0 Å². The Hall–Kier alpha value is -2.51. The van der Waals surface area contributed by atoms with Crippen molar-refractivity contribution in [2.45, 2.75) is 38.0 Å². The third-order valence-corrected chi connectivity index (χ3v) is 4.34. The molecule has 2 aromatic rings. The Bertz CT molecular complexity index is 702. The summed E-state index contributed by atoms with van der Waals surface area (Å²) in [6, 6.07) is 9.96. The molecule has 2 heterocycles.